The van der Waals surface area contributed by atoms with Crippen molar-refractivity contribution < 1.29 is 14.6 Å². The lowest BCUT2D eigenvalue weighted by atomic mass is 9.89. The van der Waals surface area contributed by atoms with Crippen molar-refractivity contribution in [3.63, 3.8) is 0 Å². The van der Waals surface area contributed by atoms with Crippen molar-refractivity contribution in [2.24, 2.45) is 5.92 Å². The van der Waals surface area contributed by atoms with E-state index in [-0.39, 0.29) is 5.75 Å². The lowest BCUT2D eigenvalue weighted by Crippen LogP contribution is -2.17. The molecule has 0 bridgehead atoms. The molecule has 2 aromatic heterocycles. The van der Waals surface area contributed by atoms with Crippen molar-refractivity contribution in [3.05, 3.63) is 29.3 Å². The third-order valence-corrected chi connectivity index (χ3v) is 6.83. The molecule has 2 heterocycles. The van der Waals surface area contributed by atoms with Crippen molar-refractivity contribution in [2.45, 2.75) is 32.1 Å². The Balaban J connectivity index is 1.60. The monoisotopic (exact) mass is 447 g/mol. The van der Waals surface area contributed by atoms with Crippen molar-refractivity contribution >= 4 is 34.6 Å². The summed E-state index contributed by atoms with van der Waals surface area (Å²) < 4.78 is 5.45. The van der Waals surface area contributed by atoms with Crippen LogP contribution in [0.5, 0.6) is 5.75 Å². The van der Waals surface area contributed by atoms with Crippen molar-refractivity contribution in [3.8, 4) is 26.9 Å². The summed E-state index contributed by atoms with van der Waals surface area (Å²) in [6.07, 6.45) is 6.53. The molecular weight excluding hydrogens is 426 g/mol. The summed E-state index contributed by atoms with van der Waals surface area (Å²) in [5, 5.41) is 26.8. The third-order valence-electron chi connectivity index (χ3n) is 5.14. The molecule has 1 saturated carbocycles. The van der Waals surface area contributed by atoms with E-state index in [4.69, 9.17) is 21.4 Å². The van der Waals surface area contributed by atoms with E-state index in [2.05, 4.69) is 25.9 Å². The minimum Gasteiger partial charge on any atom is -0.479 e. The molecule has 1 aliphatic rings. The van der Waals surface area contributed by atoms with Crippen LogP contribution in [-0.4, -0.2) is 44.9 Å². The standard InChI is InChI=1S/C20H22ClN5O3S/c21-16-17(29-11-15(27)28)19(20-23-25-26-24-20)30-18(16)13-7-4-8-14(9-13)22-10-12-5-2-1-3-6-12/h4,7-9,12,22H,1-3,5-6,10-11H2,(H,27,28)(H,23,24,25,26). The maximum atomic E-state index is 11.0. The predicted molar refractivity (Wildman–Crippen MR) is 116 cm³/mol. The summed E-state index contributed by atoms with van der Waals surface area (Å²) in [7, 11) is 0. The number of aromatic nitrogens is 4. The number of aliphatic carboxylic acids is 1. The lowest BCUT2D eigenvalue weighted by molar-refractivity contribution is -0.139. The number of nitrogens with zero attached hydrogens (tertiary/aromatic N) is 3. The predicted octanol–water partition coefficient (Wildman–Crippen LogP) is 4.70. The highest BCUT2D eigenvalue weighted by Crippen LogP contribution is 2.49. The second-order valence-corrected chi connectivity index (χ2v) is 8.69. The number of benzene rings is 1. The van der Waals surface area contributed by atoms with E-state index in [0.717, 1.165) is 22.7 Å². The number of carboxylic acid groups (broad SMARTS) is 1. The molecule has 158 valence electrons. The Kier molecular flexibility index (Phi) is 6.49. The van der Waals surface area contributed by atoms with Gasteiger partial charge in [-0.2, -0.15) is 5.21 Å². The van der Waals surface area contributed by atoms with E-state index < -0.39 is 12.6 Å². The number of ether oxygens (including phenoxy) is 1. The smallest absolute Gasteiger partial charge is 0.341 e. The Labute approximate surface area is 182 Å². The Hall–Kier alpha value is -2.65. The number of tetrazole rings is 1. The molecule has 1 aliphatic carbocycles. The quantitative estimate of drug-likeness (QED) is 0.458. The van der Waals surface area contributed by atoms with Crippen LogP contribution in [0.25, 0.3) is 21.1 Å². The van der Waals surface area contributed by atoms with E-state index in [1.54, 1.807) is 0 Å². The molecule has 4 rings (SSSR count). The number of thiophene rings is 1. The molecule has 0 amide bonds. The second kappa shape index (κ2) is 9.44. The fraction of sp³-hybridized carbons (Fsp3) is 0.400. The van der Waals surface area contributed by atoms with E-state index in [0.29, 0.717) is 21.6 Å². The van der Waals surface area contributed by atoms with Gasteiger partial charge in [0.25, 0.3) is 0 Å². The van der Waals surface area contributed by atoms with Crippen LogP contribution in [0.2, 0.25) is 5.02 Å². The summed E-state index contributed by atoms with van der Waals surface area (Å²) >= 11 is 7.94. The zero-order valence-corrected chi connectivity index (χ0v) is 17.8. The molecule has 30 heavy (non-hydrogen) atoms. The van der Waals surface area contributed by atoms with Crippen molar-refractivity contribution in [1.82, 2.24) is 20.6 Å². The number of carbonyl (C=O) groups is 1. The van der Waals surface area contributed by atoms with Crippen molar-refractivity contribution in [2.75, 3.05) is 18.5 Å². The van der Waals surface area contributed by atoms with Crippen molar-refractivity contribution in [1.29, 1.82) is 0 Å². The number of H-pyrrole nitrogens is 1. The van der Waals surface area contributed by atoms with Gasteiger partial charge in [-0.25, -0.2) is 4.79 Å². The van der Waals surface area contributed by atoms with Crippen LogP contribution < -0.4 is 10.1 Å². The summed E-state index contributed by atoms with van der Waals surface area (Å²) in [5.74, 6) is 0.182. The van der Waals surface area contributed by atoms with E-state index in [1.807, 2.05) is 24.3 Å². The molecule has 3 N–H and O–H groups in total. The molecule has 0 atom stereocenters. The number of carboxylic acids is 1. The molecule has 1 aromatic carbocycles. The minimum absolute atomic E-state index is 0.251. The van der Waals surface area contributed by atoms with Gasteiger partial charge in [0.05, 0.1) is 4.88 Å². The zero-order valence-electron chi connectivity index (χ0n) is 16.2. The molecule has 0 saturated heterocycles. The van der Waals surface area contributed by atoms with Crippen LogP contribution in [0, 0.1) is 5.92 Å². The number of rotatable bonds is 8. The largest absolute Gasteiger partial charge is 0.479 e. The Bertz CT molecular complexity index is 1000. The van der Waals surface area contributed by atoms with E-state index >= 15 is 0 Å². The Morgan fingerprint density at radius 3 is 2.87 bits per heavy atom. The first-order chi connectivity index (χ1) is 14.6. The zero-order chi connectivity index (χ0) is 20.9. The summed E-state index contributed by atoms with van der Waals surface area (Å²) in [4.78, 5) is 12.3. The van der Waals surface area contributed by atoms with Gasteiger partial charge in [0.15, 0.2) is 12.4 Å². The summed E-state index contributed by atoms with van der Waals surface area (Å²) in [5.41, 5.74) is 1.94. The molecule has 10 heteroatoms. The van der Waals surface area contributed by atoms with Gasteiger partial charge in [-0.05, 0) is 41.7 Å². The maximum Gasteiger partial charge on any atom is 0.341 e. The summed E-state index contributed by atoms with van der Waals surface area (Å²) in [6.45, 7) is 0.451. The maximum absolute atomic E-state index is 11.0. The minimum atomic E-state index is -1.09. The van der Waals surface area contributed by atoms with Gasteiger partial charge in [-0.15, -0.1) is 21.5 Å². The number of aromatic amines is 1. The number of hydrogen-bond acceptors (Lipinski definition) is 7. The second-order valence-electron chi connectivity index (χ2n) is 7.29. The molecule has 0 spiro atoms. The highest BCUT2D eigenvalue weighted by atomic mass is 35.5. The van der Waals surface area contributed by atoms with Crippen LogP contribution >= 0.6 is 22.9 Å². The number of halogens is 1. The summed E-state index contributed by atoms with van der Waals surface area (Å²) in [6, 6.07) is 8.02. The van der Waals surface area contributed by atoms with E-state index in [9.17, 15) is 4.79 Å². The average Bonchev–Trinajstić information content (AvgIpc) is 3.40. The molecule has 1 fully saturated rings. The normalized spacial score (nSPS) is 14.6. The highest BCUT2D eigenvalue weighted by Gasteiger charge is 2.24. The third kappa shape index (κ3) is 4.73. The van der Waals surface area contributed by atoms with Gasteiger partial charge in [0, 0.05) is 12.2 Å². The van der Waals surface area contributed by atoms with E-state index in [1.165, 1.54) is 43.4 Å². The van der Waals surface area contributed by atoms with Crippen LogP contribution in [0.4, 0.5) is 5.69 Å². The molecule has 0 aliphatic heterocycles. The Morgan fingerprint density at radius 1 is 1.30 bits per heavy atom. The number of nitrogens with one attached hydrogen (secondary N) is 2. The number of hydrogen-bond donors (Lipinski definition) is 3. The SMILES string of the molecule is O=C(O)COc1c(-c2nn[nH]n2)sc(-c2cccc(NCC3CCCCC3)c2)c1Cl. The van der Waals surface area contributed by atoms with Gasteiger partial charge >= 0.3 is 5.97 Å². The highest BCUT2D eigenvalue weighted by molar-refractivity contribution is 7.20. The lowest BCUT2D eigenvalue weighted by Gasteiger charge is -2.22. The average molecular weight is 448 g/mol. The van der Waals surface area contributed by atoms with Gasteiger partial charge in [-0.1, -0.05) is 43.0 Å². The van der Waals surface area contributed by atoms with Crippen LogP contribution in [0.15, 0.2) is 24.3 Å². The molecule has 8 nitrogen and oxygen atoms in total. The van der Waals surface area contributed by atoms with Crippen LogP contribution in [0.1, 0.15) is 32.1 Å². The molecule has 3 aromatic rings. The topological polar surface area (TPSA) is 113 Å². The molecule has 0 unspecified atom stereocenters. The molecular formula is C20H22ClN5O3S. The van der Waals surface area contributed by atoms with Crippen LogP contribution in [0.3, 0.4) is 0 Å². The molecule has 0 radical (unpaired) electrons. The first-order valence-electron chi connectivity index (χ1n) is 9.87. The first kappa shape index (κ1) is 20.6. The first-order valence-corrected chi connectivity index (χ1v) is 11.1. The van der Waals surface area contributed by atoms with Gasteiger partial charge in [0.1, 0.15) is 9.90 Å². The Morgan fingerprint density at radius 2 is 2.13 bits per heavy atom. The fourth-order valence-electron chi connectivity index (χ4n) is 3.67. The van der Waals surface area contributed by atoms with Crippen LogP contribution in [-0.2, 0) is 4.79 Å². The van der Waals surface area contributed by atoms with Gasteiger partial charge in [0.2, 0.25) is 5.82 Å². The fourth-order valence-corrected chi connectivity index (χ4v) is 5.17. The van der Waals surface area contributed by atoms with Gasteiger partial charge in [-0.3, -0.25) is 0 Å². The number of anilines is 1. The van der Waals surface area contributed by atoms with Gasteiger partial charge < -0.3 is 15.2 Å².